The standard InChI is InChI=1S/C18H22N4O3/c1-12-4-5-13(25-12)10-22-11-15(17-16(22)3-2-8-24-17)21-18(23)14-9-19-6-7-20-14/h4-7,9,15-17H,2-3,8,10-11H2,1H3,(H,21,23)/t15-,16+,17+/m1/s1. The first-order valence-electron chi connectivity index (χ1n) is 8.68. The second kappa shape index (κ2) is 6.93. The summed E-state index contributed by atoms with van der Waals surface area (Å²) in [5.41, 5.74) is 0.329. The van der Waals surface area contributed by atoms with E-state index in [1.807, 2.05) is 19.1 Å². The Bertz CT molecular complexity index is 733. The molecule has 3 atom stereocenters. The average molecular weight is 342 g/mol. The third-order valence-electron chi connectivity index (χ3n) is 4.90. The molecule has 0 bridgehead atoms. The quantitative estimate of drug-likeness (QED) is 0.908. The van der Waals surface area contributed by atoms with Gasteiger partial charge in [-0.3, -0.25) is 14.7 Å². The number of ether oxygens (including phenoxy) is 1. The van der Waals surface area contributed by atoms with E-state index in [0.717, 1.165) is 44.1 Å². The molecule has 0 unspecified atom stereocenters. The number of amides is 1. The fourth-order valence-electron chi connectivity index (χ4n) is 3.79. The number of fused-ring (bicyclic) bond motifs is 1. The summed E-state index contributed by atoms with van der Waals surface area (Å²) in [6, 6.07) is 4.23. The van der Waals surface area contributed by atoms with E-state index in [1.165, 1.54) is 12.4 Å². The lowest BCUT2D eigenvalue weighted by atomic mass is 10.0. The summed E-state index contributed by atoms with van der Waals surface area (Å²) in [5.74, 6) is 1.66. The Morgan fingerprint density at radius 2 is 2.32 bits per heavy atom. The number of rotatable bonds is 4. The minimum Gasteiger partial charge on any atom is -0.465 e. The van der Waals surface area contributed by atoms with Crippen molar-refractivity contribution in [2.45, 2.75) is 44.5 Å². The molecule has 2 fully saturated rings. The maximum atomic E-state index is 12.4. The Hall–Kier alpha value is -2.25. The third kappa shape index (κ3) is 3.43. The molecule has 4 rings (SSSR count). The van der Waals surface area contributed by atoms with Gasteiger partial charge in [-0.15, -0.1) is 0 Å². The summed E-state index contributed by atoms with van der Waals surface area (Å²) in [6.07, 6.45) is 6.67. The molecular formula is C18H22N4O3. The number of aromatic nitrogens is 2. The first-order valence-corrected chi connectivity index (χ1v) is 8.68. The number of carbonyl (C=O) groups is 1. The summed E-state index contributed by atoms with van der Waals surface area (Å²) >= 11 is 0. The number of hydrogen-bond acceptors (Lipinski definition) is 6. The van der Waals surface area contributed by atoms with Gasteiger partial charge in [0.25, 0.3) is 5.91 Å². The van der Waals surface area contributed by atoms with Crippen molar-refractivity contribution >= 4 is 5.91 Å². The highest BCUT2D eigenvalue weighted by Crippen LogP contribution is 2.30. The SMILES string of the molecule is Cc1ccc(CN2C[C@@H](NC(=O)c3cnccn3)[C@@H]3OCCC[C@@H]32)o1. The van der Waals surface area contributed by atoms with Crippen LogP contribution in [0.3, 0.4) is 0 Å². The van der Waals surface area contributed by atoms with Crippen molar-refractivity contribution in [3.05, 3.63) is 47.9 Å². The number of nitrogens with one attached hydrogen (secondary N) is 1. The number of nitrogens with zero attached hydrogens (tertiary/aromatic N) is 3. The van der Waals surface area contributed by atoms with Crippen LogP contribution >= 0.6 is 0 Å². The van der Waals surface area contributed by atoms with Gasteiger partial charge in [-0.05, 0) is 31.9 Å². The van der Waals surface area contributed by atoms with Crippen LogP contribution in [-0.4, -0.2) is 52.1 Å². The first kappa shape index (κ1) is 16.2. The van der Waals surface area contributed by atoms with Crippen LogP contribution in [-0.2, 0) is 11.3 Å². The van der Waals surface area contributed by atoms with Crippen molar-refractivity contribution in [2.24, 2.45) is 0 Å². The predicted molar refractivity (Wildman–Crippen MR) is 89.9 cm³/mol. The lowest BCUT2D eigenvalue weighted by Crippen LogP contribution is -2.47. The molecule has 0 aliphatic carbocycles. The Balaban J connectivity index is 1.47. The maximum absolute atomic E-state index is 12.4. The van der Waals surface area contributed by atoms with Gasteiger partial charge in [0.1, 0.15) is 17.2 Å². The summed E-state index contributed by atoms with van der Waals surface area (Å²) in [6.45, 7) is 4.16. The number of aryl methyl sites for hydroxylation is 1. The molecule has 7 heteroatoms. The minimum absolute atomic E-state index is 0.00503. The first-order chi connectivity index (χ1) is 12.2. The van der Waals surface area contributed by atoms with Crippen molar-refractivity contribution in [3.8, 4) is 0 Å². The molecule has 4 heterocycles. The molecular weight excluding hydrogens is 320 g/mol. The molecule has 1 N–H and O–H groups in total. The Morgan fingerprint density at radius 1 is 1.40 bits per heavy atom. The normalized spacial score (nSPS) is 26.4. The molecule has 0 spiro atoms. The van der Waals surface area contributed by atoms with Gasteiger partial charge in [-0.2, -0.15) is 0 Å². The van der Waals surface area contributed by atoms with Crippen LogP contribution in [0.1, 0.15) is 34.9 Å². The van der Waals surface area contributed by atoms with Gasteiger partial charge < -0.3 is 14.5 Å². The summed E-state index contributed by atoms with van der Waals surface area (Å²) in [4.78, 5) is 22.8. The van der Waals surface area contributed by atoms with Crippen LogP contribution in [0.25, 0.3) is 0 Å². The van der Waals surface area contributed by atoms with Crippen molar-refractivity contribution in [1.82, 2.24) is 20.2 Å². The van der Waals surface area contributed by atoms with Crippen molar-refractivity contribution in [1.29, 1.82) is 0 Å². The van der Waals surface area contributed by atoms with Gasteiger partial charge in [0.15, 0.2) is 0 Å². The third-order valence-corrected chi connectivity index (χ3v) is 4.90. The lowest BCUT2D eigenvalue weighted by Gasteiger charge is -2.32. The van der Waals surface area contributed by atoms with Crippen LogP contribution in [0.5, 0.6) is 0 Å². The highest BCUT2D eigenvalue weighted by Gasteiger charge is 2.44. The second-order valence-electron chi connectivity index (χ2n) is 6.66. The van der Waals surface area contributed by atoms with Gasteiger partial charge in [-0.1, -0.05) is 0 Å². The van der Waals surface area contributed by atoms with E-state index < -0.39 is 0 Å². The van der Waals surface area contributed by atoms with Crippen molar-refractivity contribution in [2.75, 3.05) is 13.2 Å². The molecule has 2 aliphatic heterocycles. The van der Waals surface area contributed by atoms with Gasteiger partial charge in [-0.25, -0.2) is 4.98 Å². The molecule has 0 saturated carbocycles. The molecule has 132 valence electrons. The molecule has 0 aromatic carbocycles. The van der Waals surface area contributed by atoms with Gasteiger partial charge in [0.05, 0.1) is 24.9 Å². The molecule has 2 aromatic heterocycles. The van der Waals surface area contributed by atoms with Crippen LogP contribution in [0, 0.1) is 6.92 Å². The largest absolute Gasteiger partial charge is 0.465 e. The van der Waals surface area contributed by atoms with Crippen molar-refractivity contribution < 1.29 is 13.9 Å². The topological polar surface area (TPSA) is 80.5 Å². The van der Waals surface area contributed by atoms with E-state index in [4.69, 9.17) is 9.15 Å². The number of hydrogen-bond donors (Lipinski definition) is 1. The molecule has 7 nitrogen and oxygen atoms in total. The summed E-state index contributed by atoms with van der Waals surface area (Å²) in [5, 5.41) is 3.08. The van der Waals surface area contributed by atoms with Crippen LogP contribution < -0.4 is 5.32 Å². The van der Waals surface area contributed by atoms with Gasteiger partial charge >= 0.3 is 0 Å². The van der Waals surface area contributed by atoms with E-state index in [9.17, 15) is 4.79 Å². The highest BCUT2D eigenvalue weighted by molar-refractivity contribution is 5.92. The summed E-state index contributed by atoms with van der Waals surface area (Å²) in [7, 11) is 0. The fraction of sp³-hybridized carbons (Fsp3) is 0.500. The zero-order valence-electron chi connectivity index (χ0n) is 14.2. The van der Waals surface area contributed by atoms with Crippen LogP contribution in [0.15, 0.2) is 35.1 Å². The van der Waals surface area contributed by atoms with E-state index >= 15 is 0 Å². The Kier molecular flexibility index (Phi) is 4.50. The zero-order chi connectivity index (χ0) is 17.2. The summed E-state index contributed by atoms with van der Waals surface area (Å²) < 4.78 is 11.7. The molecule has 1 amide bonds. The van der Waals surface area contributed by atoms with E-state index in [0.29, 0.717) is 11.7 Å². The van der Waals surface area contributed by atoms with Crippen LogP contribution in [0.2, 0.25) is 0 Å². The maximum Gasteiger partial charge on any atom is 0.271 e. The zero-order valence-corrected chi connectivity index (χ0v) is 14.2. The Labute approximate surface area is 146 Å². The number of carbonyl (C=O) groups excluding carboxylic acids is 1. The predicted octanol–water partition coefficient (Wildman–Crippen LogP) is 1.54. The van der Waals surface area contributed by atoms with E-state index in [-0.39, 0.29) is 18.1 Å². The number of likely N-dealkylation sites (tertiary alicyclic amines) is 1. The molecule has 2 saturated heterocycles. The average Bonchev–Trinajstić information content (AvgIpc) is 3.20. The monoisotopic (exact) mass is 342 g/mol. The second-order valence-corrected chi connectivity index (χ2v) is 6.66. The van der Waals surface area contributed by atoms with Crippen LogP contribution in [0.4, 0.5) is 0 Å². The van der Waals surface area contributed by atoms with E-state index in [2.05, 4.69) is 20.2 Å². The lowest BCUT2D eigenvalue weighted by molar-refractivity contribution is -0.0219. The molecule has 2 aliphatic rings. The molecule has 25 heavy (non-hydrogen) atoms. The minimum atomic E-state index is -0.207. The molecule has 0 radical (unpaired) electrons. The molecule has 2 aromatic rings. The highest BCUT2D eigenvalue weighted by atomic mass is 16.5. The van der Waals surface area contributed by atoms with Gasteiger partial charge in [0.2, 0.25) is 0 Å². The van der Waals surface area contributed by atoms with E-state index in [1.54, 1.807) is 6.20 Å². The smallest absolute Gasteiger partial charge is 0.271 e. The van der Waals surface area contributed by atoms with Crippen molar-refractivity contribution in [3.63, 3.8) is 0 Å². The van der Waals surface area contributed by atoms with Gasteiger partial charge in [0, 0.05) is 31.6 Å². The Morgan fingerprint density at radius 3 is 3.08 bits per heavy atom. The number of furan rings is 1. The fourth-order valence-corrected chi connectivity index (χ4v) is 3.79.